The van der Waals surface area contributed by atoms with E-state index in [0.717, 1.165) is 56.8 Å². The predicted molar refractivity (Wildman–Crippen MR) is 212 cm³/mol. The Hall–Kier alpha value is -6.78. The molecular weight excluding hydrogens is 621 g/mol. The minimum atomic E-state index is 0.651. The van der Waals surface area contributed by atoms with Crippen molar-refractivity contribution in [1.82, 2.24) is 19.1 Å². The monoisotopic (exact) mass is 652 g/mol. The number of allylic oxidation sites excluding steroid dienone is 6. The second-order valence-electron chi connectivity index (χ2n) is 13.0. The third-order valence-electron chi connectivity index (χ3n) is 9.96. The van der Waals surface area contributed by atoms with Crippen LogP contribution in [0.4, 0.5) is 0 Å². The molecule has 0 saturated heterocycles. The van der Waals surface area contributed by atoms with Crippen LogP contribution in [0.5, 0.6) is 0 Å². The molecule has 9 aromatic rings. The Kier molecular flexibility index (Phi) is 6.85. The number of aromatic nitrogens is 4. The van der Waals surface area contributed by atoms with E-state index in [0.29, 0.717) is 5.95 Å². The second-order valence-corrected chi connectivity index (χ2v) is 13.0. The number of fused-ring (bicyclic) bond motifs is 6. The quantitative estimate of drug-likeness (QED) is 0.185. The van der Waals surface area contributed by atoms with Gasteiger partial charge in [-0.05, 0) is 66.1 Å². The van der Waals surface area contributed by atoms with Gasteiger partial charge >= 0.3 is 0 Å². The normalized spacial score (nSPS) is 13.0. The zero-order valence-electron chi connectivity index (χ0n) is 27.8. The lowest BCUT2D eigenvalue weighted by Crippen LogP contribution is -2.05. The van der Waals surface area contributed by atoms with Crippen LogP contribution in [0.25, 0.3) is 83.2 Å². The lowest BCUT2D eigenvalue weighted by Gasteiger charge is -2.12. The van der Waals surface area contributed by atoms with Crippen LogP contribution in [0, 0.1) is 0 Å². The van der Waals surface area contributed by atoms with Crippen molar-refractivity contribution < 1.29 is 0 Å². The fourth-order valence-corrected chi connectivity index (χ4v) is 7.56. The van der Waals surface area contributed by atoms with E-state index in [-0.39, 0.29) is 0 Å². The van der Waals surface area contributed by atoms with Crippen LogP contribution >= 0.6 is 0 Å². The maximum Gasteiger partial charge on any atom is 0.235 e. The summed E-state index contributed by atoms with van der Waals surface area (Å²) in [5.41, 5.74) is 11.9. The maximum absolute atomic E-state index is 5.27. The molecule has 0 radical (unpaired) electrons. The zero-order valence-corrected chi connectivity index (χ0v) is 27.8. The molecule has 0 spiro atoms. The lowest BCUT2D eigenvalue weighted by molar-refractivity contribution is 0.983. The number of para-hydroxylation sites is 3. The van der Waals surface area contributed by atoms with Crippen LogP contribution in [-0.4, -0.2) is 19.1 Å². The van der Waals surface area contributed by atoms with Gasteiger partial charge in [0.2, 0.25) is 5.95 Å². The highest BCUT2D eigenvalue weighted by molar-refractivity contribution is 6.12. The van der Waals surface area contributed by atoms with Gasteiger partial charge < -0.3 is 4.57 Å². The van der Waals surface area contributed by atoms with Crippen LogP contribution < -0.4 is 0 Å². The Morgan fingerprint density at radius 3 is 1.88 bits per heavy atom. The molecule has 0 fully saturated rings. The molecule has 3 heterocycles. The summed E-state index contributed by atoms with van der Waals surface area (Å²) in [6, 6.07) is 54.0. The average molecular weight is 653 g/mol. The zero-order chi connectivity index (χ0) is 33.7. The summed E-state index contributed by atoms with van der Waals surface area (Å²) in [5, 5.41) is 4.81. The summed E-state index contributed by atoms with van der Waals surface area (Å²) in [5.74, 6) is 0.651. The summed E-state index contributed by atoms with van der Waals surface area (Å²) in [6.45, 7) is 0. The Morgan fingerprint density at radius 2 is 1.06 bits per heavy atom. The van der Waals surface area contributed by atoms with Gasteiger partial charge in [0.05, 0.1) is 33.5 Å². The van der Waals surface area contributed by atoms with Crippen LogP contribution in [0.15, 0.2) is 182 Å². The van der Waals surface area contributed by atoms with E-state index < -0.39 is 0 Å². The number of hydrogen-bond acceptors (Lipinski definition) is 2. The second kappa shape index (κ2) is 12.0. The van der Waals surface area contributed by atoms with Crippen molar-refractivity contribution in [3.63, 3.8) is 0 Å². The van der Waals surface area contributed by atoms with Crippen LogP contribution in [0.1, 0.15) is 12.1 Å². The standard InChI is InChI=1S/C47H32N4/c1-2-6-16-32(15-5-1)41-31-42(33-17-7-3-8-18-33)49-47(48-41)51-44-24-14-11-21-37(44)39-27-25-35(30-46(39)51)34-26-28-45-40(29-34)38-22-12-13-23-43(38)50(45)36-19-9-4-10-20-36/h1,3-31H,2H2. The van der Waals surface area contributed by atoms with Crippen molar-refractivity contribution in [2.45, 2.75) is 6.42 Å². The minimum Gasteiger partial charge on any atom is -0.309 e. The minimum absolute atomic E-state index is 0.651. The Balaban J connectivity index is 1.20. The molecule has 4 nitrogen and oxygen atoms in total. The summed E-state index contributed by atoms with van der Waals surface area (Å²) in [4.78, 5) is 10.5. The third-order valence-corrected chi connectivity index (χ3v) is 9.96. The summed E-state index contributed by atoms with van der Waals surface area (Å²) >= 11 is 0. The molecule has 0 saturated carbocycles. The van der Waals surface area contributed by atoms with E-state index in [2.05, 4.69) is 185 Å². The van der Waals surface area contributed by atoms with Gasteiger partial charge in [-0.15, -0.1) is 0 Å². The molecule has 4 heteroatoms. The van der Waals surface area contributed by atoms with Crippen molar-refractivity contribution in [3.05, 3.63) is 188 Å². The van der Waals surface area contributed by atoms with Gasteiger partial charge in [0.1, 0.15) is 0 Å². The van der Waals surface area contributed by atoms with E-state index in [1.807, 2.05) is 6.07 Å². The first-order valence-electron chi connectivity index (χ1n) is 17.4. The maximum atomic E-state index is 5.27. The number of hydrogen-bond donors (Lipinski definition) is 0. The van der Waals surface area contributed by atoms with Crippen LogP contribution in [0.3, 0.4) is 0 Å². The van der Waals surface area contributed by atoms with Gasteiger partial charge in [0, 0.05) is 38.4 Å². The van der Waals surface area contributed by atoms with E-state index >= 15 is 0 Å². The van der Waals surface area contributed by atoms with Gasteiger partial charge in [-0.25, -0.2) is 9.97 Å². The van der Waals surface area contributed by atoms with Crippen molar-refractivity contribution in [2.75, 3.05) is 0 Å². The van der Waals surface area contributed by atoms with E-state index in [1.165, 1.54) is 32.6 Å². The highest BCUT2D eigenvalue weighted by Gasteiger charge is 2.19. The van der Waals surface area contributed by atoms with Gasteiger partial charge in [-0.1, -0.05) is 134 Å². The Morgan fingerprint density at radius 1 is 0.431 bits per heavy atom. The first-order chi connectivity index (χ1) is 25.3. The number of benzene rings is 6. The van der Waals surface area contributed by atoms with Crippen molar-refractivity contribution >= 4 is 49.2 Å². The van der Waals surface area contributed by atoms with Crippen LogP contribution in [0.2, 0.25) is 0 Å². The molecule has 0 aliphatic heterocycles. The molecule has 10 rings (SSSR count). The van der Waals surface area contributed by atoms with Crippen molar-refractivity contribution in [1.29, 1.82) is 0 Å². The Labute approximate surface area is 295 Å². The van der Waals surface area contributed by atoms with E-state index in [4.69, 9.17) is 9.97 Å². The number of nitrogens with zero attached hydrogens (tertiary/aromatic N) is 4. The molecule has 0 amide bonds. The van der Waals surface area contributed by atoms with E-state index in [9.17, 15) is 0 Å². The molecule has 240 valence electrons. The van der Waals surface area contributed by atoms with Gasteiger partial charge in [-0.3, -0.25) is 4.57 Å². The molecule has 3 aromatic heterocycles. The molecule has 1 aliphatic rings. The highest BCUT2D eigenvalue weighted by Crippen LogP contribution is 2.38. The fraction of sp³-hybridized carbons (Fsp3) is 0.0213. The Bertz CT molecular complexity index is 2870. The summed E-state index contributed by atoms with van der Waals surface area (Å²) in [6.07, 6.45) is 11.7. The van der Waals surface area contributed by atoms with Crippen molar-refractivity contribution in [2.24, 2.45) is 0 Å². The first-order valence-corrected chi connectivity index (χ1v) is 17.4. The number of rotatable bonds is 5. The molecule has 6 aromatic carbocycles. The molecule has 0 unspecified atom stereocenters. The third kappa shape index (κ3) is 4.92. The van der Waals surface area contributed by atoms with E-state index in [1.54, 1.807) is 0 Å². The highest BCUT2D eigenvalue weighted by atomic mass is 15.2. The molecule has 0 N–H and O–H groups in total. The molecule has 0 bridgehead atoms. The van der Waals surface area contributed by atoms with Gasteiger partial charge in [0.25, 0.3) is 0 Å². The predicted octanol–water partition coefficient (Wildman–Crippen LogP) is 11.9. The molecule has 1 aliphatic carbocycles. The van der Waals surface area contributed by atoms with Crippen molar-refractivity contribution in [3.8, 4) is 34.0 Å². The van der Waals surface area contributed by atoms with Gasteiger partial charge in [-0.2, -0.15) is 0 Å². The lowest BCUT2D eigenvalue weighted by atomic mass is 10.0. The smallest absolute Gasteiger partial charge is 0.235 e. The summed E-state index contributed by atoms with van der Waals surface area (Å²) < 4.78 is 4.60. The average Bonchev–Trinajstić information content (AvgIpc) is 3.55. The SMILES string of the molecule is C1=CCC=CC(c2cc(-c3ccccc3)nc(-n3c4ccccc4c4ccc(-c5ccc6c(c5)c5ccccc5n6-c5ccccc5)cc43)n2)=C1. The molecule has 51 heavy (non-hydrogen) atoms. The van der Waals surface area contributed by atoms with Gasteiger partial charge in [0.15, 0.2) is 0 Å². The molecule has 0 atom stereocenters. The summed E-state index contributed by atoms with van der Waals surface area (Å²) in [7, 11) is 0. The first kappa shape index (κ1) is 29.2. The largest absolute Gasteiger partial charge is 0.309 e. The van der Waals surface area contributed by atoms with Crippen LogP contribution in [-0.2, 0) is 0 Å². The topological polar surface area (TPSA) is 35.6 Å². The fourth-order valence-electron chi connectivity index (χ4n) is 7.56. The molecular formula is C47H32N4.